The van der Waals surface area contributed by atoms with Gasteiger partial charge in [-0.25, -0.2) is 0 Å². The van der Waals surface area contributed by atoms with E-state index in [1.807, 2.05) is 0 Å². The van der Waals surface area contributed by atoms with Gasteiger partial charge in [0.15, 0.2) is 0 Å². The molecular weight excluding hydrogens is 456 g/mol. The maximum Gasteiger partial charge on any atom is 0.305 e. The van der Waals surface area contributed by atoms with Gasteiger partial charge in [-0.3, -0.25) is 9.59 Å². The summed E-state index contributed by atoms with van der Waals surface area (Å²) in [5.74, 6) is -0.720. The summed E-state index contributed by atoms with van der Waals surface area (Å²) in [5.41, 5.74) is 5.61. The fraction of sp³-hybridized carbons (Fsp3) is 0.724. The fourth-order valence-electron chi connectivity index (χ4n) is 4.01. The second-order valence-corrected chi connectivity index (χ2v) is 9.72. The molecule has 0 aromatic rings. The number of rotatable bonds is 21. The Hall–Kier alpha value is -2.12. The summed E-state index contributed by atoms with van der Waals surface area (Å²) in [7, 11) is 0. The van der Waals surface area contributed by atoms with Gasteiger partial charge in [-0.1, -0.05) is 76.5 Å². The summed E-state index contributed by atoms with van der Waals surface area (Å²) in [6.45, 7) is 3.93. The number of carbonyl (C=O) groups is 2. The number of aliphatic hydroxyl groups is 1. The first-order chi connectivity index (χ1) is 17.4. The average Bonchev–Trinajstić information content (AvgIpc) is 3.21. The number of nitrogens with two attached hydrogens (primary N) is 1. The van der Waals surface area contributed by atoms with Crippen LogP contribution in [0, 0.1) is 0 Å². The third kappa shape index (κ3) is 16.5. The van der Waals surface area contributed by atoms with Crippen LogP contribution in [0.3, 0.4) is 0 Å². The number of aliphatic hydroxyl groups excluding tert-OH is 1. The number of primary amides is 1. The van der Waals surface area contributed by atoms with E-state index in [4.69, 9.17) is 15.2 Å². The smallest absolute Gasteiger partial charge is 0.305 e. The molecule has 0 bridgehead atoms. The van der Waals surface area contributed by atoms with E-state index in [9.17, 15) is 14.7 Å². The van der Waals surface area contributed by atoms with Gasteiger partial charge in [-0.05, 0) is 51.3 Å². The van der Waals surface area contributed by atoms with Gasteiger partial charge in [-0.15, -0.1) is 0 Å². The molecule has 1 aliphatic rings. The summed E-state index contributed by atoms with van der Waals surface area (Å²) >= 11 is 0. The van der Waals surface area contributed by atoms with E-state index in [0.29, 0.717) is 18.4 Å². The number of hydrogen-bond donors (Lipinski definition) is 3. The topological polar surface area (TPSA) is 111 Å². The second kappa shape index (κ2) is 21.0. The molecule has 7 nitrogen and oxygen atoms in total. The monoisotopic (exact) mass is 506 g/mol. The SMILES string of the molecule is CCCCCCCC/C=C\CCCCCCCC(=O)OC[C@H]1O[C@@H](N/C=C\C=C(/C)C(N)=O)C[C@@H]1O. The van der Waals surface area contributed by atoms with Gasteiger partial charge in [0.25, 0.3) is 0 Å². The zero-order chi connectivity index (χ0) is 26.4. The van der Waals surface area contributed by atoms with Crippen molar-refractivity contribution in [3.8, 4) is 0 Å². The Morgan fingerprint density at radius 1 is 1.00 bits per heavy atom. The van der Waals surface area contributed by atoms with Gasteiger partial charge in [0, 0.05) is 18.4 Å². The van der Waals surface area contributed by atoms with Crippen molar-refractivity contribution in [1.29, 1.82) is 0 Å². The highest BCUT2D eigenvalue weighted by Gasteiger charge is 2.34. The van der Waals surface area contributed by atoms with Crippen LogP contribution < -0.4 is 11.1 Å². The lowest BCUT2D eigenvalue weighted by Crippen LogP contribution is -2.29. The van der Waals surface area contributed by atoms with Crippen molar-refractivity contribution < 1.29 is 24.2 Å². The summed E-state index contributed by atoms with van der Waals surface area (Å²) in [6.07, 6.45) is 24.5. The number of hydrogen-bond acceptors (Lipinski definition) is 6. The zero-order valence-electron chi connectivity index (χ0n) is 22.6. The van der Waals surface area contributed by atoms with Crippen LogP contribution in [0.25, 0.3) is 0 Å². The number of nitrogens with one attached hydrogen (secondary N) is 1. The molecule has 0 aromatic carbocycles. The van der Waals surface area contributed by atoms with Crippen LogP contribution in [-0.4, -0.2) is 42.0 Å². The Balaban J connectivity index is 1.99. The highest BCUT2D eigenvalue weighted by atomic mass is 16.6. The first kappa shape index (κ1) is 31.9. The molecule has 1 fully saturated rings. The third-order valence-electron chi connectivity index (χ3n) is 6.39. The van der Waals surface area contributed by atoms with Crippen molar-refractivity contribution in [3.63, 3.8) is 0 Å². The predicted octanol–water partition coefficient (Wildman–Crippen LogP) is 5.58. The molecule has 206 valence electrons. The summed E-state index contributed by atoms with van der Waals surface area (Å²) < 4.78 is 11.0. The van der Waals surface area contributed by atoms with Crippen LogP contribution in [-0.2, 0) is 19.1 Å². The van der Waals surface area contributed by atoms with Gasteiger partial charge in [0.1, 0.15) is 18.9 Å². The van der Waals surface area contributed by atoms with Crippen molar-refractivity contribution in [1.82, 2.24) is 5.32 Å². The van der Waals surface area contributed by atoms with Crippen LogP contribution in [0.2, 0.25) is 0 Å². The molecule has 0 spiro atoms. The molecule has 1 heterocycles. The van der Waals surface area contributed by atoms with E-state index >= 15 is 0 Å². The second-order valence-electron chi connectivity index (χ2n) is 9.72. The number of carbonyl (C=O) groups excluding carboxylic acids is 2. The Bertz CT molecular complexity index is 689. The molecule has 0 aliphatic carbocycles. The standard InChI is InChI=1S/C29H50N2O5/c1-3-4-5-6-7-8-9-10-11-12-13-14-15-16-17-20-28(33)35-23-26-25(32)22-27(36-26)31-21-18-19-24(2)29(30)34/h10-11,18-19,21,25-27,31-32H,3-9,12-17,20,22-23H2,1-2H3,(H2,30,34)/b11-10-,21-18-,24-19+/t25-,26+,27+/m0/s1. The predicted molar refractivity (Wildman–Crippen MR) is 145 cm³/mol. The Morgan fingerprint density at radius 3 is 2.25 bits per heavy atom. The van der Waals surface area contributed by atoms with Gasteiger partial charge in [0.05, 0.1) is 6.10 Å². The highest BCUT2D eigenvalue weighted by molar-refractivity contribution is 5.91. The average molecular weight is 507 g/mol. The van der Waals surface area contributed by atoms with Gasteiger partial charge >= 0.3 is 5.97 Å². The number of ether oxygens (including phenoxy) is 2. The molecule has 1 saturated heterocycles. The number of unbranched alkanes of at least 4 members (excludes halogenated alkanes) is 11. The molecule has 0 aromatic heterocycles. The normalized spacial score (nSPS) is 20.4. The van der Waals surface area contributed by atoms with Crippen molar-refractivity contribution in [2.24, 2.45) is 5.73 Å². The zero-order valence-corrected chi connectivity index (χ0v) is 22.6. The van der Waals surface area contributed by atoms with Crippen molar-refractivity contribution in [2.75, 3.05) is 6.61 Å². The summed E-state index contributed by atoms with van der Waals surface area (Å²) in [6, 6.07) is 0. The minimum Gasteiger partial charge on any atom is -0.463 e. The van der Waals surface area contributed by atoms with Gasteiger partial charge in [-0.2, -0.15) is 0 Å². The molecule has 0 radical (unpaired) electrons. The first-order valence-electron chi connectivity index (χ1n) is 14.0. The Kier molecular flexibility index (Phi) is 18.6. The Labute approximate surface area is 218 Å². The lowest BCUT2D eigenvalue weighted by Gasteiger charge is -2.15. The number of allylic oxidation sites excluding steroid dienone is 4. The molecule has 0 unspecified atom stereocenters. The van der Waals surface area contributed by atoms with E-state index in [1.54, 1.807) is 25.3 Å². The van der Waals surface area contributed by atoms with Crippen LogP contribution in [0.15, 0.2) is 36.1 Å². The summed E-state index contributed by atoms with van der Waals surface area (Å²) in [5, 5.41) is 13.2. The molecule has 7 heteroatoms. The molecule has 1 aliphatic heterocycles. The van der Waals surface area contributed by atoms with E-state index in [2.05, 4.69) is 24.4 Å². The molecule has 36 heavy (non-hydrogen) atoms. The van der Waals surface area contributed by atoms with Gasteiger partial charge in [0.2, 0.25) is 5.91 Å². The van der Waals surface area contributed by atoms with Crippen molar-refractivity contribution in [2.45, 2.75) is 129 Å². The van der Waals surface area contributed by atoms with E-state index in [-0.39, 0.29) is 18.8 Å². The molecular formula is C29H50N2O5. The lowest BCUT2D eigenvalue weighted by molar-refractivity contribution is -0.149. The first-order valence-corrected chi connectivity index (χ1v) is 14.0. The fourth-order valence-corrected chi connectivity index (χ4v) is 4.01. The molecule has 3 atom stereocenters. The van der Waals surface area contributed by atoms with Crippen LogP contribution in [0.4, 0.5) is 0 Å². The maximum atomic E-state index is 12.0. The quantitative estimate of drug-likeness (QED) is 0.0616. The maximum absolute atomic E-state index is 12.0. The highest BCUT2D eigenvalue weighted by Crippen LogP contribution is 2.19. The third-order valence-corrected chi connectivity index (χ3v) is 6.39. The number of amides is 1. The van der Waals surface area contributed by atoms with E-state index in [1.165, 1.54) is 57.8 Å². The van der Waals surface area contributed by atoms with E-state index in [0.717, 1.165) is 25.7 Å². The molecule has 4 N–H and O–H groups in total. The summed E-state index contributed by atoms with van der Waals surface area (Å²) in [4.78, 5) is 23.0. The van der Waals surface area contributed by atoms with E-state index < -0.39 is 18.1 Å². The molecule has 0 saturated carbocycles. The van der Waals surface area contributed by atoms with Crippen LogP contribution in [0.5, 0.6) is 0 Å². The number of esters is 1. The van der Waals surface area contributed by atoms with Crippen LogP contribution >= 0.6 is 0 Å². The molecule has 1 amide bonds. The van der Waals surface area contributed by atoms with Crippen molar-refractivity contribution in [3.05, 3.63) is 36.1 Å². The minimum atomic E-state index is -0.702. The minimum absolute atomic E-state index is 0.0493. The van der Waals surface area contributed by atoms with Crippen molar-refractivity contribution >= 4 is 11.9 Å². The lowest BCUT2D eigenvalue weighted by atomic mass is 10.1. The van der Waals surface area contributed by atoms with Crippen LogP contribution in [0.1, 0.15) is 110 Å². The van der Waals surface area contributed by atoms with Gasteiger partial charge < -0.3 is 25.6 Å². The Morgan fingerprint density at radius 2 is 1.61 bits per heavy atom. The molecule has 1 rings (SSSR count). The largest absolute Gasteiger partial charge is 0.463 e.